The third-order valence-electron chi connectivity index (χ3n) is 4.31. The molecule has 2 atom stereocenters. The lowest BCUT2D eigenvalue weighted by Crippen LogP contribution is -2.35. The highest BCUT2D eigenvalue weighted by molar-refractivity contribution is 5.00. The van der Waals surface area contributed by atoms with Crippen LogP contribution >= 0.6 is 0 Å². The van der Waals surface area contributed by atoms with Gasteiger partial charge >= 0.3 is 0 Å². The highest BCUT2D eigenvalue weighted by atomic mass is 16.5. The van der Waals surface area contributed by atoms with Gasteiger partial charge in [0.25, 0.3) is 0 Å². The monoisotopic (exact) mass is 211 g/mol. The van der Waals surface area contributed by atoms with Crippen molar-refractivity contribution in [3.63, 3.8) is 0 Å². The highest BCUT2D eigenvalue weighted by Crippen LogP contribution is 2.53. The Morgan fingerprint density at radius 2 is 2.27 bits per heavy atom. The fourth-order valence-electron chi connectivity index (χ4n) is 2.90. The molecule has 0 aromatic heterocycles. The van der Waals surface area contributed by atoms with Gasteiger partial charge in [-0.3, -0.25) is 0 Å². The molecule has 1 aliphatic carbocycles. The van der Waals surface area contributed by atoms with Crippen LogP contribution in [0.15, 0.2) is 0 Å². The van der Waals surface area contributed by atoms with Crippen LogP contribution in [0.2, 0.25) is 0 Å². The van der Waals surface area contributed by atoms with Crippen molar-refractivity contribution >= 4 is 0 Å². The van der Waals surface area contributed by atoms with E-state index in [4.69, 9.17) is 4.74 Å². The normalized spacial score (nSPS) is 30.4. The van der Waals surface area contributed by atoms with E-state index in [1.807, 2.05) is 0 Å². The Morgan fingerprint density at radius 1 is 1.47 bits per heavy atom. The van der Waals surface area contributed by atoms with E-state index in [2.05, 4.69) is 19.2 Å². The summed E-state index contributed by atoms with van der Waals surface area (Å²) in [4.78, 5) is 0. The zero-order valence-corrected chi connectivity index (χ0v) is 10.2. The third kappa shape index (κ3) is 2.73. The van der Waals surface area contributed by atoms with Crippen LogP contribution in [-0.2, 0) is 4.74 Å². The molecule has 15 heavy (non-hydrogen) atoms. The lowest BCUT2D eigenvalue weighted by atomic mass is 9.90. The van der Waals surface area contributed by atoms with Gasteiger partial charge in [-0.05, 0) is 57.4 Å². The molecule has 2 aliphatic rings. The Hall–Kier alpha value is -0.0800. The summed E-state index contributed by atoms with van der Waals surface area (Å²) in [5.41, 5.74) is 0.627. The molecular weight excluding hydrogens is 186 g/mol. The molecule has 0 bridgehead atoms. The van der Waals surface area contributed by atoms with Crippen LogP contribution in [0.5, 0.6) is 0 Å². The first-order chi connectivity index (χ1) is 7.27. The number of hydrogen-bond acceptors (Lipinski definition) is 2. The minimum Gasteiger partial charge on any atom is -0.378 e. The molecule has 1 N–H and O–H groups in total. The standard InChI is InChI=1S/C13H25NO/c1-3-14-11(2)13(8-9-13)7-6-12-5-4-10-15-12/h11-12,14H,3-10H2,1-2H3. The predicted molar refractivity (Wildman–Crippen MR) is 63.0 cm³/mol. The predicted octanol–water partition coefficient (Wildman–Crippen LogP) is 2.72. The zero-order chi connectivity index (χ0) is 10.7. The van der Waals surface area contributed by atoms with E-state index in [9.17, 15) is 0 Å². The van der Waals surface area contributed by atoms with E-state index < -0.39 is 0 Å². The van der Waals surface area contributed by atoms with E-state index in [1.54, 1.807) is 0 Å². The minimum absolute atomic E-state index is 0.580. The summed E-state index contributed by atoms with van der Waals surface area (Å²) in [6.07, 6.45) is 8.66. The molecule has 2 rings (SSSR count). The topological polar surface area (TPSA) is 21.3 Å². The van der Waals surface area contributed by atoms with Gasteiger partial charge in [0.05, 0.1) is 6.10 Å². The molecule has 2 heteroatoms. The lowest BCUT2D eigenvalue weighted by molar-refractivity contribution is 0.0943. The molecule has 0 amide bonds. The average molecular weight is 211 g/mol. The van der Waals surface area contributed by atoms with Crippen molar-refractivity contribution < 1.29 is 4.74 Å². The molecule has 88 valence electrons. The van der Waals surface area contributed by atoms with Crippen LogP contribution in [0.25, 0.3) is 0 Å². The van der Waals surface area contributed by atoms with Gasteiger partial charge in [0, 0.05) is 12.6 Å². The van der Waals surface area contributed by atoms with E-state index in [1.165, 1.54) is 38.5 Å². The molecule has 2 unspecified atom stereocenters. The Morgan fingerprint density at radius 3 is 2.80 bits per heavy atom. The van der Waals surface area contributed by atoms with Crippen molar-refractivity contribution in [3.8, 4) is 0 Å². The fourth-order valence-corrected chi connectivity index (χ4v) is 2.90. The maximum atomic E-state index is 5.70. The third-order valence-corrected chi connectivity index (χ3v) is 4.31. The van der Waals surface area contributed by atoms with Gasteiger partial charge in [0.15, 0.2) is 0 Å². The van der Waals surface area contributed by atoms with Crippen molar-refractivity contribution in [1.82, 2.24) is 5.32 Å². The van der Waals surface area contributed by atoms with Crippen LogP contribution < -0.4 is 5.32 Å². The second-order valence-electron chi connectivity index (χ2n) is 5.32. The Kier molecular flexibility index (Phi) is 3.68. The molecule has 1 aliphatic heterocycles. The summed E-state index contributed by atoms with van der Waals surface area (Å²) >= 11 is 0. The highest BCUT2D eigenvalue weighted by Gasteiger charge is 2.46. The van der Waals surface area contributed by atoms with Crippen molar-refractivity contribution in [1.29, 1.82) is 0 Å². The maximum absolute atomic E-state index is 5.70. The van der Waals surface area contributed by atoms with Gasteiger partial charge in [0.1, 0.15) is 0 Å². The number of ether oxygens (including phenoxy) is 1. The number of hydrogen-bond donors (Lipinski definition) is 1. The zero-order valence-electron chi connectivity index (χ0n) is 10.2. The Bertz CT molecular complexity index is 195. The second-order valence-corrected chi connectivity index (χ2v) is 5.32. The molecule has 0 spiro atoms. The first-order valence-electron chi connectivity index (χ1n) is 6.62. The largest absolute Gasteiger partial charge is 0.378 e. The molecule has 1 heterocycles. The smallest absolute Gasteiger partial charge is 0.0576 e. The SMILES string of the molecule is CCNC(C)C1(CCC2CCCO2)CC1. The van der Waals surface area contributed by atoms with Gasteiger partial charge in [0.2, 0.25) is 0 Å². The number of nitrogens with one attached hydrogen (secondary N) is 1. The first-order valence-corrected chi connectivity index (χ1v) is 6.62. The van der Waals surface area contributed by atoms with E-state index in [-0.39, 0.29) is 0 Å². The second kappa shape index (κ2) is 4.84. The summed E-state index contributed by atoms with van der Waals surface area (Å²) in [6.45, 7) is 6.65. The van der Waals surface area contributed by atoms with Crippen LogP contribution in [-0.4, -0.2) is 25.3 Å². The van der Waals surface area contributed by atoms with Gasteiger partial charge in [-0.2, -0.15) is 0 Å². The lowest BCUT2D eigenvalue weighted by Gasteiger charge is -2.25. The summed E-state index contributed by atoms with van der Waals surface area (Å²) in [7, 11) is 0. The quantitative estimate of drug-likeness (QED) is 0.729. The van der Waals surface area contributed by atoms with Crippen molar-refractivity contribution in [2.24, 2.45) is 5.41 Å². The van der Waals surface area contributed by atoms with Crippen molar-refractivity contribution in [2.45, 2.75) is 64.5 Å². The van der Waals surface area contributed by atoms with Crippen LogP contribution in [0, 0.1) is 5.41 Å². The summed E-state index contributed by atoms with van der Waals surface area (Å²) in [6, 6.07) is 0.698. The van der Waals surface area contributed by atoms with E-state index >= 15 is 0 Å². The van der Waals surface area contributed by atoms with Crippen molar-refractivity contribution in [3.05, 3.63) is 0 Å². The van der Waals surface area contributed by atoms with E-state index in [0.717, 1.165) is 13.2 Å². The molecule has 1 saturated heterocycles. The maximum Gasteiger partial charge on any atom is 0.0576 e. The molecule has 2 fully saturated rings. The molecule has 2 nitrogen and oxygen atoms in total. The van der Waals surface area contributed by atoms with Crippen LogP contribution in [0.3, 0.4) is 0 Å². The van der Waals surface area contributed by atoms with Gasteiger partial charge in [-0.15, -0.1) is 0 Å². The minimum atomic E-state index is 0.580. The molecule has 0 aromatic rings. The Balaban J connectivity index is 1.72. The number of rotatable bonds is 6. The summed E-state index contributed by atoms with van der Waals surface area (Å²) < 4.78 is 5.70. The molecular formula is C13H25NO. The van der Waals surface area contributed by atoms with Crippen LogP contribution in [0.1, 0.15) is 52.4 Å². The van der Waals surface area contributed by atoms with Crippen LogP contribution in [0.4, 0.5) is 0 Å². The Labute approximate surface area is 93.8 Å². The summed E-state index contributed by atoms with van der Waals surface area (Å²) in [5.74, 6) is 0. The fraction of sp³-hybridized carbons (Fsp3) is 1.00. The molecule has 1 saturated carbocycles. The molecule has 0 aromatic carbocycles. The van der Waals surface area contributed by atoms with Gasteiger partial charge < -0.3 is 10.1 Å². The van der Waals surface area contributed by atoms with Gasteiger partial charge in [-0.1, -0.05) is 6.92 Å². The van der Waals surface area contributed by atoms with Crippen molar-refractivity contribution in [2.75, 3.05) is 13.2 Å². The average Bonchev–Trinajstić information content (AvgIpc) is 2.85. The van der Waals surface area contributed by atoms with E-state index in [0.29, 0.717) is 17.6 Å². The van der Waals surface area contributed by atoms with Gasteiger partial charge in [-0.25, -0.2) is 0 Å². The first kappa shape index (κ1) is 11.4. The summed E-state index contributed by atoms with van der Waals surface area (Å²) in [5, 5.41) is 3.58. The molecule has 0 radical (unpaired) electrons.